The van der Waals surface area contributed by atoms with Crippen LogP contribution in [-0.4, -0.2) is 9.97 Å². The maximum absolute atomic E-state index is 5.91. The third-order valence-corrected chi connectivity index (χ3v) is 3.91. The number of benzene rings is 1. The van der Waals surface area contributed by atoms with Gasteiger partial charge < -0.3 is 5.32 Å². The van der Waals surface area contributed by atoms with Gasteiger partial charge in [-0.3, -0.25) is 0 Å². The SMILES string of the molecule is Clc1nc(Nc2ccc(Br)cc2)c2ccsc2n1. The highest BCUT2D eigenvalue weighted by Crippen LogP contribution is 2.28. The second kappa shape index (κ2) is 4.84. The first-order valence-corrected chi connectivity index (χ1v) is 7.21. The second-order valence-electron chi connectivity index (χ2n) is 3.61. The molecule has 0 saturated carbocycles. The smallest absolute Gasteiger partial charge is 0.225 e. The van der Waals surface area contributed by atoms with Crippen LogP contribution in [0.25, 0.3) is 10.2 Å². The molecular weight excluding hydrogens is 334 g/mol. The number of anilines is 2. The molecule has 0 unspecified atom stereocenters. The summed E-state index contributed by atoms with van der Waals surface area (Å²) in [6.45, 7) is 0. The number of thiophene rings is 1. The summed E-state index contributed by atoms with van der Waals surface area (Å²) >= 11 is 10.9. The summed E-state index contributed by atoms with van der Waals surface area (Å²) in [5, 5.41) is 6.46. The topological polar surface area (TPSA) is 37.8 Å². The fourth-order valence-corrected chi connectivity index (χ4v) is 2.84. The molecule has 0 aliphatic rings. The number of nitrogens with zero attached hydrogens (tertiary/aromatic N) is 2. The molecular formula is C12H7BrClN3S. The van der Waals surface area contributed by atoms with E-state index in [4.69, 9.17) is 11.6 Å². The standard InChI is InChI=1S/C12H7BrClN3S/c13-7-1-3-8(4-2-7)15-10-9-5-6-18-11(9)17-12(14)16-10/h1-6H,(H,15,16,17). The molecule has 90 valence electrons. The van der Waals surface area contributed by atoms with Gasteiger partial charge in [-0.25, -0.2) is 4.98 Å². The van der Waals surface area contributed by atoms with Crippen molar-refractivity contribution in [2.24, 2.45) is 0 Å². The number of aromatic nitrogens is 2. The summed E-state index contributed by atoms with van der Waals surface area (Å²) in [5.74, 6) is 0.730. The highest BCUT2D eigenvalue weighted by molar-refractivity contribution is 9.10. The van der Waals surface area contributed by atoms with Gasteiger partial charge in [-0.1, -0.05) is 15.9 Å². The monoisotopic (exact) mass is 339 g/mol. The first-order chi connectivity index (χ1) is 8.72. The van der Waals surface area contributed by atoms with Crippen LogP contribution in [0, 0.1) is 0 Å². The number of rotatable bonds is 2. The Kier molecular flexibility index (Phi) is 3.20. The molecule has 0 atom stereocenters. The van der Waals surface area contributed by atoms with E-state index >= 15 is 0 Å². The predicted octanol–water partition coefficient (Wildman–Crippen LogP) is 4.85. The molecule has 1 N–H and O–H groups in total. The van der Waals surface area contributed by atoms with Gasteiger partial charge in [0.15, 0.2) is 0 Å². The normalized spacial score (nSPS) is 10.8. The van der Waals surface area contributed by atoms with E-state index in [0.29, 0.717) is 0 Å². The first-order valence-electron chi connectivity index (χ1n) is 5.16. The van der Waals surface area contributed by atoms with Gasteiger partial charge in [-0.15, -0.1) is 11.3 Å². The summed E-state index contributed by atoms with van der Waals surface area (Å²) in [5.41, 5.74) is 0.959. The molecule has 3 rings (SSSR count). The summed E-state index contributed by atoms with van der Waals surface area (Å²) < 4.78 is 1.04. The molecule has 2 heterocycles. The molecule has 6 heteroatoms. The fourth-order valence-electron chi connectivity index (χ4n) is 1.59. The van der Waals surface area contributed by atoms with Crippen LogP contribution in [0.1, 0.15) is 0 Å². The lowest BCUT2D eigenvalue weighted by Gasteiger charge is -2.07. The van der Waals surface area contributed by atoms with E-state index in [9.17, 15) is 0 Å². The number of hydrogen-bond donors (Lipinski definition) is 1. The third kappa shape index (κ3) is 2.34. The molecule has 0 fully saturated rings. The molecule has 0 aliphatic carbocycles. The van der Waals surface area contributed by atoms with Crippen LogP contribution < -0.4 is 5.32 Å². The summed E-state index contributed by atoms with van der Waals surface area (Å²) in [7, 11) is 0. The van der Waals surface area contributed by atoms with Gasteiger partial charge in [0.25, 0.3) is 0 Å². The minimum Gasteiger partial charge on any atom is -0.340 e. The maximum atomic E-state index is 5.91. The molecule has 2 aromatic heterocycles. The highest BCUT2D eigenvalue weighted by atomic mass is 79.9. The molecule has 0 saturated heterocycles. The van der Waals surface area contributed by atoms with Crippen LogP contribution in [0.4, 0.5) is 11.5 Å². The van der Waals surface area contributed by atoms with Crippen LogP contribution in [0.2, 0.25) is 5.28 Å². The Hall–Kier alpha value is -1.17. The fraction of sp³-hybridized carbons (Fsp3) is 0. The molecule has 3 nitrogen and oxygen atoms in total. The second-order valence-corrected chi connectivity index (χ2v) is 5.76. The van der Waals surface area contributed by atoms with E-state index in [1.165, 1.54) is 0 Å². The van der Waals surface area contributed by atoms with Crippen molar-refractivity contribution in [3.63, 3.8) is 0 Å². The Balaban J connectivity index is 2.03. The van der Waals surface area contributed by atoms with Crippen molar-refractivity contribution in [2.45, 2.75) is 0 Å². The van der Waals surface area contributed by atoms with Gasteiger partial charge >= 0.3 is 0 Å². The number of halogens is 2. The molecule has 0 amide bonds. The third-order valence-electron chi connectivity index (χ3n) is 2.40. The Morgan fingerprint density at radius 1 is 1.11 bits per heavy atom. The lowest BCUT2D eigenvalue weighted by Crippen LogP contribution is -1.95. The van der Waals surface area contributed by atoms with Crippen LogP contribution in [0.3, 0.4) is 0 Å². The van der Waals surface area contributed by atoms with Gasteiger partial charge in [0.05, 0.1) is 5.39 Å². The van der Waals surface area contributed by atoms with E-state index in [0.717, 1.165) is 26.2 Å². The van der Waals surface area contributed by atoms with Crippen LogP contribution >= 0.6 is 38.9 Å². The average molecular weight is 341 g/mol. The van der Waals surface area contributed by atoms with Crippen molar-refractivity contribution >= 4 is 60.6 Å². The molecule has 0 bridgehead atoms. The minimum atomic E-state index is 0.254. The van der Waals surface area contributed by atoms with Crippen molar-refractivity contribution < 1.29 is 0 Å². The van der Waals surface area contributed by atoms with E-state index in [2.05, 4.69) is 31.2 Å². The zero-order valence-electron chi connectivity index (χ0n) is 9.02. The molecule has 1 aromatic carbocycles. The molecule has 3 aromatic rings. The average Bonchev–Trinajstić information content (AvgIpc) is 2.80. The highest BCUT2D eigenvalue weighted by Gasteiger charge is 2.07. The lowest BCUT2D eigenvalue weighted by atomic mass is 10.3. The number of fused-ring (bicyclic) bond motifs is 1. The molecule has 0 aliphatic heterocycles. The Bertz CT molecular complexity index is 696. The van der Waals surface area contributed by atoms with E-state index < -0.39 is 0 Å². The van der Waals surface area contributed by atoms with Crippen molar-refractivity contribution in [2.75, 3.05) is 5.32 Å². The van der Waals surface area contributed by atoms with Gasteiger partial charge in [0, 0.05) is 10.2 Å². The Labute approximate surface area is 121 Å². The zero-order valence-corrected chi connectivity index (χ0v) is 12.2. The zero-order chi connectivity index (χ0) is 12.5. The number of nitrogens with one attached hydrogen (secondary N) is 1. The number of hydrogen-bond acceptors (Lipinski definition) is 4. The molecule has 0 spiro atoms. The van der Waals surface area contributed by atoms with Crippen molar-refractivity contribution in [1.29, 1.82) is 0 Å². The Morgan fingerprint density at radius 3 is 2.67 bits per heavy atom. The maximum Gasteiger partial charge on any atom is 0.225 e. The van der Waals surface area contributed by atoms with Gasteiger partial charge in [0.2, 0.25) is 5.28 Å². The summed E-state index contributed by atoms with van der Waals surface area (Å²) in [6, 6.07) is 9.86. The molecule has 18 heavy (non-hydrogen) atoms. The predicted molar refractivity (Wildman–Crippen MR) is 79.8 cm³/mol. The summed E-state index contributed by atoms with van der Waals surface area (Å²) in [6.07, 6.45) is 0. The van der Waals surface area contributed by atoms with Crippen LogP contribution in [-0.2, 0) is 0 Å². The quantitative estimate of drug-likeness (QED) is 0.678. The van der Waals surface area contributed by atoms with Crippen molar-refractivity contribution in [3.8, 4) is 0 Å². The molecule has 0 radical (unpaired) electrons. The van der Waals surface area contributed by atoms with E-state index in [-0.39, 0.29) is 5.28 Å². The van der Waals surface area contributed by atoms with Gasteiger partial charge in [-0.05, 0) is 47.3 Å². The van der Waals surface area contributed by atoms with Crippen LogP contribution in [0.5, 0.6) is 0 Å². The van der Waals surface area contributed by atoms with E-state index in [1.807, 2.05) is 35.7 Å². The van der Waals surface area contributed by atoms with Gasteiger partial charge in [-0.2, -0.15) is 4.98 Å². The van der Waals surface area contributed by atoms with Crippen LogP contribution in [0.15, 0.2) is 40.2 Å². The summed E-state index contributed by atoms with van der Waals surface area (Å²) in [4.78, 5) is 9.29. The van der Waals surface area contributed by atoms with Crippen molar-refractivity contribution in [3.05, 3.63) is 45.5 Å². The largest absolute Gasteiger partial charge is 0.340 e. The first kappa shape index (κ1) is 11.9. The van der Waals surface area contributed by atoms with Crippen molar-refractivity contribution in [1.82, 2.24) is 9.97 Å². The minimum absolute atomic E-state index is 0.254. The van der Waals surface area contributed by atoms with Gasteiger partial charge in [0.1, 0.15) is 10.6 Å². The Morgan fingerprint density at radius 2 is 1.89 bits per heavy atom. The lowest BCUT2D eigenvalue weighted by molar-refractivity contribution is 1.23. The van der Waals surface area contributed by atoms with E-state index in [1.54, 1.807) is 11.3 Å².